The number of benzene rings is 2. The van der Waals surface area contributed by atoms with E-state index in [-0.39, 0.29) is 43.4 Å². The molecule has 0 saturated carbocycles. The number of β-amino-alcohol motifs (C(OH)–C–C–N with tert-alkyl or cyclic N) is 1. The Morgan fingerprint density at radius 1 is 0.829 bits per heavy atom. The largest absolute Gasteiger partial charge is 0.490 e. The number of hydrogen-bond donors (Lipinski definition) is 11. The number of alkyl carbamates (subject to hydrolysis) is 1. The van der Waals surface area contributed by atoms with Gasteiger partial charge in [0, 0.05) is 49.7 Å². The number of carbonyl (C=O) groups excluding carboxylic acids is 7. The molecule has 0 aromatic heterocycles. The van der Waals surface area contributed by atoms with Crippen LogP contribution in [-0.2, 0) is 46.5 Å². The molecule has 414 valence electrons. The number of azide groups is 1. The Bertz CT molecular complexity index is 2480. The number of amides is 7. The molecule has 5 rings (SSSR count). The Kier molecular flexibility index (Phi) is 21.1. The lowest BCUT2D eigenvalue weighted by molar-refractivity contribution is -0.147. The molecule has 1 unspecified atom stereocenters. The van der Waals surface area contributed by atoms with Gasteiger partial charge in [-0.2, -0.15) is 0 Å². The van der Waals surface area contributed by atoms with Crippen LogP contribution in [0.5, 0.6) is 11.5 Å². The predicted octanol–water partition coefficient (Wildman–Crippen LogP) is -2.08. The van der Waals surface area contributed by atoms with E-state index in [1.54, 1.807) is 0 Å². The summed E-state index contributed by atoms with van der Waals surface area (Å²) in [5.41, 5.74) is 8.82. The standard InChI is InChI=1S/C49H67N11O16/c1-25-22-60-40(41(25)66)45(70)52-20-29(62)18-31(54-48(73)76-49(3,4)5)42(67)55-37(26(2)61)46(71)59-23-30(63)19-32(59)43(68)56-38(44(69)57-39(47(60)72)34(65)21-51-6)33(64)16-28-12-13-35(36(17-28)74-15-14-53-58-50)75-24-27-10-8-7-9-11-27/h7-13,17,25-26,29-34,37-41,61-66H,14-16,18-24H2,1-5H3,(H,52,70)(H,54,73)(H,55,67)(H,56,68)(H,57,69)/t25-,26+,29+,30+,31?,32-,33+,34+,37-,38-,39-,40-,41-/m0/s1. The van der Waals surface area contributed by atoms with E-state index >= 15 is 0 Å². The van der Waals surface area contributed by atoms with Gasteiger partial charge in [0.05, 0.1) is 43.7 Å². The molecule has 3 aliphatic rings. The van der Waals surface area contributed by atoms with Crippen LogP contribution in [-0.4, -0.2) is 200 Å². The van der Waals surface area contributed by atoms with Gasteiger partial charge in [0.25, 0.3) is 0 Å². The SMILES string of the molecule is [C-]#[N+]C[C@@H](O)[C@@H]1NC(=O)[C@H]([C@H](O)Cc2ccc(OCc3ccccc3)c(OCCN=[N+]=[N-])c2)NC(=O)[C@@H]2C[C@@H](O)CN2C(=O)[C@H]([C@@H](C)O)NC(=O)C(NC(=O)OC(C)(C)C)C[C@@H](O)CNC(=O)[C@@H]2[C@@H](O)[C@@H](C)CN2C1=O. The summed E-state index contributed by atoms with van der Waals surface area (Å²) >= 11 is 0. The number of hydrogen-bond acceptors (Lipinski definition) is 17. The van der Waals surface area contributed by atoms with Crippen LogP contribution in [0.15, 0.2) is 53.6 Å². The molecule has 0 spiro atoms. The van der Waals surface area contributed by atoms with Crippen LogP contribution in [0.25, 0.3) is 15.3 Å². The quantitative estimate of drug-likeness (QED) is 0.0318. The maximum atomic E-state index is 14.7. The van der Waals surface area contributed by atoms with Gasteiger partial charge in [0.15, 0.2) is 17.6 Å². The highest BCUT2D eigenvalue weighted by Gasteiger charge is 2.50. The highest BCUT2D eigenvalue weighted by Crippen LogP contribution is 2.31. The monoisotopic (exact) mass is 1070 g/mol. The van der Waals surface area contributed by atoms with Gasteiger partial charge in [-0.05, 0) is 56.5 Å². The lowest BCUT2D eigenvalue weighted by Crippen LogP contribution is -2.64. The molecule has 76 heavy (non-hydrogen) atoms. The van der Waals surface area contributed by atoms with Gasteiger partial charge in [0.1, 0.15) is 48.5 Å². The van der Waals surface area contributed by atoms with Crippen LogP contribution in [0, 0.1) is 12.5 Å². The van der Waals surface area contributed by atoms with Crippen molar-refractivity contribution >= 4 is 41.5 Å². The van der Waals surface area contributed by atoms with Crippen LogP contribution in [0.2, 0.25) is 0 Å². The number of nitrogens with one attached hydrogen (secondary N) is 5. The summed E-state index contributed by atoms with van der Waals surface area (Å²) in [4.78, 5) is 107. The van der Waals surface area contributed by atoms with E-state index in [4.69, 9.17) is 26.3 Å². The summed E-state index contributed by atoms with van der Waals surface area (Å²) in [7, 11) is 0. The van der Waals surface area contributed by atoms with Gasteiger partial charge in [-0.3, -0.25) is 28.8 Å². The summed E-state index contributed by atoms with van der Waals surface area (Å²) < 4.78 is 17.2. The zero-order chi connectivity index (χ0) is 56.0. The molecule has 27 nitrogen and oxygen atoms in total. The van der Waals surface area contributed by atoms with Crippen molar-refractivity contribution in [3.05, 3.63) is 81.5 Å². The molecular formula is C49H67N11O16. The van der Waals surface area contributed by atoms with Crippen LogP contribution < -0.4 is 36.1 Å². The van der Waals surface area contributed by atoms with Gasteiger partial charge >= 0.3 is 6.09 Å². The zero-order valence-electron chi connectivity index (χ0n) is 42.6. The van der Waals surface area contributed by atoms with E-state index < -0.39 is 165 Å². The van der Waals surface area contributed by atoms with Crippen molar-refractivity contribution in [3.8, 4) is 11.5 Å². The van der Waals surface area contributed by atoms with Gasteiger partial charge in [-0.15, -0.1) is 0 Å². The smallest absolute Gasteiger partial charge is 0.408 e. The van der Waals surface area contributed by atoms with E-state index in [9.17, 15) is 64.2 Å². The molecule has 3 saturated heterocycles. The molecule has 0 bridgehead atoms. The molecule has 11 N–H and O–H groups in total. The maximum absolute atomic E-state index is 14.7. The summed E-state index contributed by atoms with van der Waals surface area (Å²) in [6.07, 6.45) is -13.0. The van der Waals surface area contributed by atoms with Gasteiger partial charge < -0.3 is 86.1 Å². The first-order valence-corrected chi connectivity index (χ1v) is 24.6. The molecule has 0 aliphatic carbocycles. The second-order valence-electron chi connectivity index (χ2n) is 19.9. The van der Waals surface area contributed by atoms with Crippen LogP contribution in [0.3, 0.4) is 0 Å². The normalized spacial score (nSPS) is 27.3. The second kappa shape index (κ2) is 27.0. The van der Waals surface area contributed by atoms with Crippen molar-refractivity contribution in [1.82, 2.24) is 36.4 Å². The van der Waals surface area contributed by atoms with Gasteiger partial charge in [-0.25, -0.2) is 11.4 Å². The van der Waals surface area contributed by atoms with Gasteiger partial charge in [-0.1, -0.05) is 48.4 Å². The van der Waals surface area contributed by atoms with Crippen molar-refractivity contribution in [2.75, 3.05) is 39.3 Å². The number of nitrogens with zero attached hydrogens (tertiary/aromatic N) is 6. The minimum atomic E-state index is -2.09. The Balaban J connectivity index is 1.58. The van der Waals surface area contributed by atoms with E-state index in [0.29, 0.717) is 0 Å². The Hall–Kier alpha value is -7.31. The zero-order valence-corrected chi connectivity index (χ0v) is 42.6. The van der Waals surface area contributed by atoms with Crippen LogP contribution in [0.1, 0.15) is 58.6 Å². The highest BCUT2D eigenvalue weighted by molar-refractivity contribution is 5.98. The number of aliphatic hydroxyl groups excluding tert-OH is 6. The van der Waals surface area contributed by atoms with E-state index in [1.165, 1.54) is 45.9 Å². The molecule has 3 heterocycles. The molecular weight excluding hydrogens is 999 g/mol. The first-order valence-electron chi connectivity index (χ1n) is 24.6. The number of carbonyl (C=O) groups is 7. The summed E-state index contributed by atoms with van der Waals surface area (Å²) in [5.74, 6) is -7.43. The fourth-order valence-corrected chi connectivity index (χ4v) is 8.81. The first-order chi connectivity index (χ1) is 35.9. The predicted molar refractivity (Wildman–Crippen MR) is 265 cm³/mol. The van der Waals surface area contributed by atoms with Crippen molar-refractivity contribution in [2.24, 2.45) is 11.0 Å². The average Bonchev–Trinajstić information content (AvgIpc) is 3.91. The molecule has 7 amide bonds. The Labute approximate surface area is 437 Å². The minimum absolute atomic E-state index is 0.0790. The highest BCUT2D eigenvalue weighted by atomic mass is 16.6. The minimum Gasteiger partial charge on any atom is -0.490 e. The van der Waals surface area contributed by atoms with Crippen molar-refractivity contribution in [3.63, 3.8) is 0 Å². The second-order valence-corrected chi connectivity index (χ2v) is 19.9. The van der Waals surface area contributed by atoms with E-state index in [1.807, 2.05) is 30.3 Å². The van der Waals surface area contributed by atoms with Crippen molar-refractivity contribution in [1.29, 1.82) is 0 Å². The first kappa shape index (κ1) is 59.6. The fourth-order valence-electron chi connectivity index (χ4n) is 8.81. The molecule has 3 aliphatic heterocycles. The molecule has 3 fully saturated rings. The Morgan fingerprint density at radius 2 is 1.50 bits per heavy atom. The van der Waals surface area contributed by atoms with Crippen LogP contribution in [0.4, 0.5) is 4.79 Å². The maximum Gasteiger partial charge on any atom is 0.408 e. The van der Waals surface area contributed by atoms with Crippen LogP contribution >= 0.6 is 0 Å². The summed E-state index contributed by atoms with van der Waals surface area (Å²) in [5, 5.41) is 83.0. The number of ether oxygens (including phenoxy) is 3. The van der Waals surface area contributed by atoms with Crippen molar-refractivity contribution in [2.45, 2.75) is 139 Å². The fraction of sp³-hybridized carbons (Fsp3) is 0.592. The number of aliphatic hydroxyl groups is 6. The third-order valence-electron chi connectivity index (χ3n) is 12.6. The van der Waals surface area contributed by atoms with E-state index in [2.05, 4.69) is 41.5 Å². The molecule has 2 aromatic carbocycles. The molecule has 27 heteroatoms. The summed E-state index contributed by atoms with van der Waals surface area (Å²) in [6, 6.07) is 2.41. The number of rotatable bonds is 14. The lowest BCUT2D eigenvalue weighted by atomic mass is 9.99. The van der Waals surface area contributed by atoms with Crippen molar-refractivity contribution < 1.29 is 78.4 Å². The topological polar surface area (TPSA) is 388 Å². The third kappa shape index (κ3) is 16.1. The molecule has 2 aromatic rings. The lowest BCUT2D eigenvalue weighted by Gasteiger charge is -2.33. The molecule has 0 radical (unpaired) electrons. The van der Waals surface area contributed by atoms with E-state index in [0.717, 1.165) is 22.3 Å². The number of fused-ring (bicyclic) bond motifs is 2. The molecule has 13 atom stereocenters. The Morgan fingerprint density at radius 3 is 2.16 bits per heavy atom. The average molecular weight is 1070 g/mol. The summed E-state index contributed by atoms with van der Waals surface area (Å²) in [6.45, 7) is 12.3. The van der Waals surface area contributed by atoms with Gasteiger partial charge in [0.2, 0.25) is 42.0 Å². The third-order valence-corrected chi connectivity index (χ3v) is 12.6.